The summed E-state index contributed by atoms with van der Waals surface area (Å²) in [6.45, 7) is 0. The fourth-order valence-corrected chi connectivity index (χ4v) is 12.1. The summed E-state index contributed by atoms with van der Waals surface area (Å²) < 4.78 is 11.5. The molecule has 0 unspecified atom stereocenters. The van der Waals surface area contributed by atoms with Crippen LogP contribution in [0.1, 0.15) is 116 Å². The van der Waals surface area contributed by atoms with Crippen molar-refractivity contribution in [2.45, 2.75) is 134 Å². The Labute approximate surface area is 195 Å². The van der Waals surface area contributed by atoms with Crippen molar-refractivity contribution >= 4 is 7.87 Å². The predicted molar refractivity (Wildman–Crippen MR) is 138 cm³/mol. The van der Waals surface area contributed by atoms with E-state index >= 15 is 0 Å². The first-order valence-corrected chi connectivity index (χ1v) is 15.4. The van der Waals surface area contributed by atoms with E-state index in [0.29, 0.717) is 0 Å². The Morgan fingerprint density at radius 1 is 0.387 bits per heavy atom. The van der Waals surface area contributed by atoms with Crippen LogP contribution in [0.25, 0.3) is 0 Å². The Hall–Kier alpha value is 0.270. The van der Waals surface area contributed by atoms with Gasteiger partial charge in [0.05, 0.1) is 0 Å². The Morgan fingerprint density at radius 3 is 0.806 bits per heavy atom. The molecule has 0 bridgehead atoms. The summed E-state index contributed by atoms with van der Waals surface area (Å²) in [5.41, 5.74) is 0. The van der Waals surface area contributed by atoms with Gasteiger partial charge in [0.15, 0.2) is 0 Å². The zero-order chi connectivity index (χ0) is 22.3. The van der Waals surface area contributed by atoms with E-state index in [9.17, 15) is 0 Å². The summed E-state index contributed by atoms with van der Waals surface area (Å²) >= 11 is 0. The minimum Gasteiger partial charge on any atom is -0.139 e. The maximum absolute atomic E-state index is 2.94. The molecule has 31 heavy (non-hydrogen) atoms. The van der Waals surface area contributed by atoms with Crippen molar-refractivity contribution in [1.82, 2.24) is 18.7 Å². The van der Waals surface area contributed by atoms with E-state index < -0.39 is 7.87 Å². The summed E-state index contributed by atoms with van der Waals surface area (Å²) in [6.07, 6.45) is 25.5. The number of nitrogens with zero attached hydrogens (tertiary/aromatic N) is 4. The molecule has 182 valence electrons. The molecule has 0 aromatic carbocycles. The summed E-state index contributed by atoms with van der Waals surface area (Å²) in [5.74, 6) is 0. The minimum absolute atomic E-state index is 0.736. The first kappa shape index (κ1) is 25.9. The largest absolute Gasteiger partial charge is 0.308 e. The van der Waals surface area contributed by atoms with Gasteiger partial charge in [-0.2, -0.15) is 0 Å². The molecule has 3 aliphatic rings. The van der Waals surface area contributed by atoms with Gasteiger partial charge in [-0.15, -0.1) is 18.7 Å². The van der Waals surface area contributed by atoms with Crippen LogP contribution in [0.2, 0.25) is 0 Å². The van der Waals surface area contributed by atoms with Crippen molar-refractivity contribution in [3.63, 3.8) is 0 Å². The molecule has 0 amide bonds. The topological polar surface area (TPSA) is 13.0 Å². The fourth-order valence-electron chi connectivity index (χ4n) is 7.07. The molecule has 3 saturated carbocycles. The standard InChI is InChI=1S/C26H54N4P/c1-27(2)31(28(3)24-18-12-6-7-13-19-24,29(4)25-20-14-8-9-15-21-25)30(5)26-22-16-10-11-17-23-26/h24-26H,6-23H2,1-5H3/q+1. The average molecular weight is 454 g/mol. The fraction of sp³-hybridized carbons (Fsp3) is 1.00. The summed E-state index contributed by atoms with van der Waals surface area (Å²) in [6, 6.07) is 2.21. The van der Waals surface area contributed by atoms with E-state index in [1.807, 2.05) is 0 Å². The third-order valence-electron chi connectivity index (χ3n) is 8.87. The lowest BCUT2D eigenvalue weighted by molar-refractivity contribution is 0.203. The Bertz CT molecular complexity index is 425. The second-order valence-corrected chi connectivity index (χ2v) is 14.8. The van der Waals surface area contributed by atoms with Gasteiger partial charge >= 0.3 is 7.87 Å². The number of rotatable bonds is 7. The molecule has 4 nitrogen and oxygen atoms in total. The third-order valence-corrected chi connectivity index (χ3v) is 13.5. The lowest BCUT2D eigenvalue weighted by atomic mass is 10.1. The third kappa shape index (κ3) is 6.04. The molecule has 0 N–H and O–H groups in total. The smallest absolute Gasteiger partial charge is 0.139 e. The molecule has 3 fully saturated rings. The highest BCUT2D eigenvalue weighted by atomic mass is 31.2. The van der Waals surface area contributed by atoms with Crippen molar-refractivity contribution in [1.29, 1.82) is 0 Å². The van der Waals surface area contributed by atoms with E-state index in [1.165, 1.54) is 116 Å². The normalized spacial score (nSPS) is 24.7. The Morgan fingerprint density at radius 2 is 0.613 bits per heavy atom. The average Bonchev–Trinajstić information content (AvgIpc) is 3.29. The van der Waals surface area contributed by atoms with Crippen molar-refractivity contribution in [3.8, 4) is 0 Å². The summed E-state index contributed by atoms with van der Waals surface area (Å²) in [4.78, 5) is 0. The van der Waals surface area contributed by atoms with Gasteiger partial charge in [0.1, 0.15) is 0 Å². The van der Waals surface area contributed by atoms with Gasteiger partial charge in [-0.1, -0.05) is 77.0 Å². The lowest BCUT2D eigenvalue weighted by Crippen LogP contribution is -2.55. The molecule has 0 saturated heterocycles. The minimum atomic E-state index is -1.77. The first-order valence-electron chi connectivity index (χ1n) is 13.8. The van der Waals surface area contributed by atoms with Crippen LogP contribution in [-0.2, 0) is 0 Å². The van der Waals surface area contributed by atoms with Crippen LogP contribution < -0.4 is 0 Å². The summed E-state index contributed by atoms with van der Waals surface area (Å²) in [5, 5.41) is 0. The van der Waals surface area contributed by atoms with Crippen LogP contribution in [0.3, 0.4) is 0 Å². The van der Waals surface area contributed by atoms with E-state index in [1.54, 1.807) is 0 Å². The molecule has 0 heterocycles. The number of hydrogen-bond donors (Lipinski definition) is 0. The molecule has 0 aromatic rings. The van der Waals surface area contributed by atoms with Crippen LogP contribution in [0.4, 0.5) is 0 Å². The van der Waals surface area contributed by atoms with Crippen LogP contribution >= 0.6 is 7.87 Å². The highest BCUT2D eigenvalue weighted by Crippen LogP contribution is 2.70. The molecule has 3 rings (SSSR count). The van der Waals surface area contributed by atoms with Gasteiger partial charge in [0, 0.05) is 53.4 Å². The lowest BCUT2D eigenvalue weighted by Gasteiger charge is -2.52. The van der Waals surface area contributed by atoms with Gasteiger partial charge in [-0.25, -0.2) is 0 Å². The van der Waals surface area contributed by atoms with Gasteiger partial charge < -0.3 is 0 Å². The first-order chi connectivity index (χ1) is 15.0. The van der Waals surface area contributed by atoms with E-state index in [2.05, 4.69) is 53.9 Å². The SMILES string of the molecule is CN(C)[P+](N(C)C1CCCCCC1)(N(C)C1CCCCCC1)N(C)C1CCCCCC1. The molecule has 0 spiro atoms. The van der Waals surface area contributed by atoms with E-state index in [0.717, 1.165) is 18.1 Å². The zero-order valence-corrected chi connectivity index (χ0v) is 22.6. The monoisotopic (exact) mass is 453 g/mol. The Kier molecular flexibility index (Phi) is 10.6. The molecule has 0 atom stereocenters. The molecule has 0 radical (unpaired) electrons. The molecule has 5 heteroatoms. The molecule has 3 aliphatic carbocycles. The molecular formula is C26H54N4P+. The van der Waals surface area contributed by atoms with Gasteiger partial charge in [0.2, 0.25) is 0 Å². The van der Waals surface area contributed by atoms with Crippen LogP contribution in [0, 0.1) is 0 Å². The highest BCUT2D eigenvalue weighted by molar-refractivity contribution is 7.66. The van der Waals surface area contributed by atoms with E-state index in [4.69, 9.17) is 0 Å². The van der Waals surface area contributed by atoms with Crippen LogP contribution in [0.15, 0.2) is 0 Å². The van der Waals surface area contributed by atoms with Crippen molar-refractivity contribution in [2.75, 3.05) is 35.2 Å². The summed E-state index contributed by atoms with van der Waals surface area (Å²) in [7, 11) is 10.6. The zero-order valence-electron chi connectivity index (χ0n) is 21.7. The van der Waals surface area contributed by atoms with E-state index in [-0.39, 0.29) is 0 Å². The van der Waals surface area contributed by atoms with Gasteiger partial charge in [0.25, 0.3) is 0 Å². The quantitative estimate of drug-likeness (QED) is 0.299. The van der Waals surface area contributed by atoms with Gasteiger partial charge in [-0.05, 0) is 38.5 Å². The van der Waals surface area contributed by atoms with Crippen molar-refractivity contribution < 1.29 is 0 Å². The Balaban J connectivity index is 1.97. The molecular weight excluding hydrogens is 399 g/mol. The second kappa shape index (κ2) is 12.7. The molecule has 0 aliphatic heterocycles. The van der Waals surface area contributed by atoms with Gasteiger partial charge in [-0.3, -0.25) is 0 Å². The predicted octanol–water partition coefficient (Wildman–Crippen LogP) is 7.19. The maximum atomic E-state index is 2.94. The van der Waals surface area contributed by atoms with Crippen molar-refractivity contribution in [2.24, 2.45) is 0 Å². The second-order valence-electron chi connectivity index (χ2n) is 11.0. The highest BCUT2D eigenvalue weighted by Gasteiger charge is 2.60. The molecule has 0 aromatic heterocycles. The van der Waals surface area contributed by atoms with Crippen LogP contribution in [-0.4, -0.2) is 72.0 Å². The maximum Gasteiger partial charge on any atom is 0.308 e. The van der Waals surface area contributed by atoms with Crippen LogP contribution in [0.5, 0.6) is 0 Å². The number of hydrogen-bond acceptors (Lipinski definition) is 4. The van der Waals surface area contributed by atoms with Crippen molar-refractivity contribution in [3.05, 3.63) is 0 Å².